The molecule has 0 spiro atoms. The molecule has 3 amide bonds. The molecule has 8 nitrogen and oxygen atoms in total. The van der Waals surface area contributed by atoms with Crippen LogP contribution in [0.4, 0.5) is 0 Å². The highest BCUT2D eigenvalue weighted by Crippen LogP contribution is 2.28. The Morgan fingerprint density at radius 2 is 1.50 bits per heavy atom. The molecular weight excluding hydrogens is 386 g/mol. The van der Waals surface area contributed by atoms with Gasteiger partial charge in [-0.3, -0.25) is 14.4 Å². The summed E-state index contributed by atoms with van der Waals surface area (Å²) >= 11 is 0. The van der Waals surface area contributed by atoms with Gasteiger partial charge in [0.25, 0.3) is 5.91 Å². The number of morpholine rings is 1. The Labute approximate surface area is 177 Å². The van der Waals surface area contributed by atoms with Crippen molar-refractivity contribution in [1.29, 1.82) is 0 Å². The summed E-state index contributed by atoms with van der Waals surface area (Å²) in [5.74, 6) is 0.00586. The van der Waals surface area contributed by atoms with Crippen LogP contribution in [-0.4, -0.2) is 91.5 Å². The second kappa shape index (κ2) is 10.4. The van der Waals surface area contributed by atoms with Crippen LogP contribution < -0.4 is 4.74 Å². The molecule has 2 fully saturated rings. The van der Waals surface area contributed by atoms with Crippen LogP contribution in [0, 0.1) is 0 Å². The van der Waals surface area contributed by atoms with Gasteiger partial charge >= 0.3 is 11.8 Å². The van der Waals surface area contributed by atoms with Crippen molar-refractivity contribution in [3.05, 3.63) is 29.8 Å². The van der Waals surface area contributed by atoms with Gasteiger partial charge in [0.05, 0.1) is 13.2 Å². The van der Waals surface area contributed by atoms with E-state index in [-0.39, 0.29) is 12.5 Å². The maximum absolute atomic E-state index is 12.6. The van der Waals surface area contributed by atoms with E-state index in [1.54, 1.807) is 4.90 Å². The van der Waals surface area contributed by atoms with Crippen LogP contribution in [0.2, 0.25) is 0 Å². The van der Waals surface area contributed by atoms with Crippen LogP contribution >= 0.6 is 0 Å². The minimum absolute atomic E-state index is 0.0336. The van der Waals surface area contributed by atoms with Crippen molar-refractivity contribution in [1.82, 2.24) is 14.7 Å². The lowest BCUT2D eigenvalue weighted by atomic mass is 9.98. The summed E-state index contributed by atoms with van der Waals surface area (Å²) in [6, 6.07) is 7.80. The molecule has 164 valence electrons. The van der Waals surface area contributed by atoms with Gasteiger partial charge < -0.3 is 24.2 Å². The van der Waals surface area contributed by atoms with E-state index in [0.717, 1.165) is 17.7 Å². The molecule has 8 heteroatoms. The third-order valence-corrected chi connectivity index (χ3v) is 5.81. The van der Waals surface area contributed by atoms with Gasteiger partial charge in [0.1, 0.15) is 5.75 Å². The van der Waals surface area contributed by atoms with Crippen LogP contribution in [0.1, 0.15) is 31.7 Å². The molecule has 2 aliphatic rings. The standard InChI is InChI=1S/C22H31N3O5/c1-3-17(2)18-6-4-5-7-19(18)30-16-20(26)23-8-10-24(11-9-23)21(27)22(28)25-12-14-29-15-13-25/h4-7,17H,3,8-16H2,1-2H3. The second-order valence-corrected chi connectivity index (χ2v) is 7.71. The molecule has 1 atom stereocenters. The minimum Gasteiger partial charge on any atom is -0.483 e. The summed E-state index contributed by atoms with van der Waals surface area (Å²) in [5.41, 5.74) is 1.10. The van der Waals surface area contributed by atoms with Gasteiger partial charge in [0, 0.05) is 39.3 Å². The highest BCUT2D eigenvalue weighted by atomic mass is 16.5. The molecule has 0 aromatic heterocycles. The number of para-hydroxylation sites is 1. The number of carbonyl (C=O) groups is 3. The molecule has 0 N–H and O–H groups in total. The quantitative estimate of drug-likeness (QED) is 0.671. The zero-order valence-electron chi connectivity index (χ0n) is 17.8. The highest BCUT2D eigenvalue weighted by molar-refractivity contribution is 6.34. The van der Waals surface area contributed by atoms with Gasteiger partial charge in [-0.2, -0.15) is 0 Å². The van der Waals surface area contributed by atoms with Crippen molar-refractivity contribution < 1.29 is 23.9 Å². The fourth-order valence-corrected chi connectivity index (χ4v) is 3.67. The smallest absolute Gasteiger partial charge is 0.312 e. The topological polar surface area (TPSA) is 79.4 Å². The van der Waals surface area contributed by atoms with E-state index in [4.69, 9.17) is 9.47 Å². The lowest BCUT2D eigenvalue weighted by Gasteiger charge is -2.35. The lowest BCUT2D eigenvalue weighted by Crippen LogP contribution is -2.56. The van der Waals surface area contributed by atoms with Gasteiger partial charge in [-0.05, 0) is 24.0 Å². The zero-order chi connectivity index (χ0) is 21.5. The van der Waals surface area contributed by atoms with E-state index in [0.29, 0.717) is 58.4 Å². The minimum atomic E-state index is -0.497. The molecule has 2 heterocycles. The van der Waals surface area contributed by atoms with Gasteiger partial charge in [-0.25, -0.2) is 0 Å². The Hall–Kier alpha value is -2.61. The number of amides is 3. The molecule has 0 aliphatic carbocycles. The van der Waals surface area contributed by atoms with Crippen LogP contribution in [0.15, 0.2) is 24.3 Å². The Balaban J connectivity index is 1.47. The maximum atomic E-state index is 12.6. The molecule has 1 aromatic rings. The van der Waals surface area contributed by atoms with Crippen molar-refractivity contribution in [3.8, 4) is 5.75 Å². The van der Waals surface area contributed by atoms with E-state index in [1.165, 1.54) is 9.80 Å². The largest absolute Gasteiger partial charge is 0.483 e. The predicted octanol–water partition coefficient (Wildman–Crippen LogP) is 1.11. The van der Waals surface area contributed by atoms with E-state index in [9.17, 15) is 14.4 Å². The van der Waals surface area contributed by atoms with Gasteiger partial charge in [0.15, 0.2) is 6.61 Å². The number of piperazine rings is 1. The first-order valence-corrected chi connectivity index (χ1v) is 10.7. The van der Waals surface area contributed by atoms with Crippen LogP contribution in [0.25, 0.3) is 0 Å². The van der Waals surface area contributed by atoms with Gasteiger partial charge in [0.2, 0.25) is 0 Å². The summed E-state index contributed by atoms with van der Waals surface area (Å²) in [6.45, 7) is 7.53. The molecule has 30 heavy (non-hydrogen) atoms. The van der Waals surface area contributed by atoms with Crippen LogP contribution in [0.3, 0.4) is 0 Å². The zero-order valence-corrected chi connectivity index (χ0v) is 17.8. The molecule has 1 aromatic carbocycles. The molecule has 0 bridgehead atoms. The fraction of sp³-hybridized carbons (Fsp3) is 0.591. The summed E-state index contributed by atoms with van der Waals surface area (Å²) in [6.07, 6.45) is 0.994. The van der Waals surface area contributed by atoms with E-state index in [2.05, 4.69) is 13.8 Å². The Bertz CT molecular complexity index is 755. The van der Waals surface area contributed by atoms with Crippen LogP contribution in [-0.2, 0) is 19.1 Å². The number of hydrogen-bond acceptors (Lipinski definition) is 5. The molecule has 1 unspecified atom stereocenters. The average Bonchev–Trinajstić information content (AvgIpc) is 2.82. The number of hydrogen-bond donors (Lipinski definition) is 0. The third kappa shape index (κ3) is 5.30. The summed E-state index contributed by atoms with van der Waals surface area (Å²) < 4.78 is 11.0. The normalized spacial score (nSPS) is 18.1. The average molecular weight is 418 g/mol. The van der Waals surface area contributed by atoms with Gasteiger partial charge in [-0.1, -0.05) is 32.0 Å². The molecule has 0 radical (unpaired) electrons. The molecular formula is C22H31N3O5. The number of ether oxygens (including phenoxy) is 2. The monoisotopic (exact) mass is 417 g/mol. The van der Waals surface area contributed by atoms with Crippen LogP contribution in [0.5, 0.6) is 5.75 Å². The number of nitrogens with zero attached hydrogens (tertiary/aromatic N) is 3. The maximum Gasteiger partial charge on any atom is 0.312 e. The van der Waals surface area contributed by atoms with Crippen molar-refractivity contribution in [2.45, 2.75) is 26.2 Å². The Morgan fingerprint density at radius 1 is 0.933 bits per heavy atom. The second-order valence-electron chi connectivity index (χ2n) is 7.71. The molecule has 3 rings (SSSR count). The predicted molar refractivity (Wildman–Crippen MR) is 111 cm³/mol. The molecule has 2 saturated heterocycles. The van der Waals surface area contributed by atoms with Crippen molar-refractivity contribution in [2.75, 3.05) is 59.1 Å². The fourth-order valence-electron chi connectivity index (χ4n) is 3.67. The van der Waals surface area contributed by atoms with Crippen molar-refractivity contribution in [3.63, 3.8) is 0 Å². The number of carbonyl (C=O) groups excluding carboxylic acids is 3. The molecule has 0 saturated carbocycles. The van der Waals surface area contributed by atoms with Crippen molar-refractivity contribution in [2.24, 2.45) is 0 Å². The first-order valence-electron chi connectivity index (χ1n) is 10.7. The third-order valence-electron chi connectivity index (χ3n) is 5.81. The number of benzene rings is 1. The summed E-state index contributed by atoms with van der Waals surface area (Å²) in [5, 5.41) is 0. The van der Waals surface area contributed by atoms with E-state index < -0.39 is 11.8 Å². The summed E-state index contributed by atoms with van der Waals surface area (Å²) in [4.78, 5) is 42.2. The Kier molecular flexibility index (Phi) is 7.68. The van der Waals surface area contributed by atoms with E-state index in [1.807, 2.05) is 24.3 Å². The molecule has 2 aliphatic heterocycles. The first-order chi connectivity index (χ1) is 14.5. The number of rotatable bonds is 5. The first kappa shape index (κ1) is 22.1. The van der Waals surface area contributed by atoms with Gasteiger partial charge in [-0.15, -0.1) is 0 Å². The lowest BCUT2D eigenvalue weighted by molar-refractivity contribution is -0.155. The highest BCUT2D eigenvalue weighted by Gasteiger charge is 2.31. The van der Waals surface area contributed by atoms with Crippen molar-refractivity contribution >= 4 is 17.7 Å². The SMILES string of the molecule is CCC(C)c1ccccc1OCC(=O)N1CCN(C(=O)C(=O)N2CCOCC2)CC1. The Morgan fingerprint density at radius 3 is 2.13 bits per heavy atom. The van der Waals surface area contributed by atoms with E-state index >= 15 is 0 Å². The summed E-state index contributed by atoms with van der Waals surface area (Å²) in [7, 11) is 0.